The topological polar surface area (TPSA) is 63.6 Å². The zero-order valence-electron chi connectivity index (χ0n) is 9.87. The molecular formula is C12H12F2O4. The molecule has 0 spiro atoms. The van der Waals surface area contributed by atoms with Gasteiger partial charge in [0.25, 0.3) is 0 Å². The molecule has 18 heavy (non-hydrogen) atoms. The maximum absolute atomic E-state index is 13.4. The van der Waals surface area contributed by atoms with Crippen LogP contribution in [0.15, 0.2) is 12.1 Å². The van der Waals surface area contributed by atoms with Crippen molar-refractivity contribution in [1.29, 1.82) is 0 Å². The molecule has 0 aliphatic carbocycles. The molecule has 98 valence electrons. The third-order valence-electron chi connectivity index (χ3n) is 2.31. The van der Waals surface area contributed by atoms with E-state index in [1.807, 2.05) is 0 Å². The zero-order valence-corrected chi connectivity index (χ0v) is 9.87. The van der Waals surface area contributed by atoms with Gasteiger partial charge < -0.3 is 9.84 Å². The summed E-state index contributed by atoms with van der Waals surface area (Å²) in [6.07, 6.45) is 0.303. The zero-order chi connectivity index (χ0) is 13.9. The average molecular weight is 258 g/mol. The molecule has 0 saturated heterocycles. The maximum Gasteiger partial charge on any atom is 0.312 e. The van der Waals surface area contributed by atoms with E-state index in [0.717, 1.165) is 12.1 Å². The molecule has 0 heterocycles. The Morgan fingerprint density at radius 2 is 1.89 bits per heavy atom. The Kier molecular flexibility index (Phi) is 4.00. The van der Waals surface area contributed by atoms with E-state index in [4.69, 9.17) is 9.84 Å². The summed E-state index contributed by atoms with van der Waals surface area (Å²) in [6, 6.07) is 1.64. The lowest BCUT2D eigenvalue weighted by molar-refractivity contribution is -0.148. The van der Waals surface area contributed by atoms with Crippen molar-refractivity contribution in [1.82, 2.24) is 0 Å². The van der Waals surface area contributed by atoms with Gasteiger partial charge in [0.1, 0.15) is 12.9 Å². The number of carboxylic acids is 1. The summed E-state index contributed by atoms with van der Waals surface area (Å²) in [5.74, 6) is -3.92. The molecule has 0 amide bonds. The van der Waals surface area contributed by atoms with E-state index in [1.165, 1.54) is 13.8 Å². The van der Waals surface area contributed by atoms with Crippen molar-refractivity contribution in [3.05, 3.63) is 29.3 Å². The Morgan fingerprint density at radius 1 is 1.39 bits per heavy atom. The van der Waals surface area contributed by atoms with Gasteiger partial charge in [-0.25, -0.2) is 8.78 Å². The fourth-order valence-electron chi connectivity index (χ4n) is 1.10. The molecule has 0 radical (unpaired) electrons. The Labute approximate surface area is 102 Å². The molecule has 1 aromatic rings. The van der Waals surface area contributed by atoms with E-state index >= 15 is 0 Å². The monoisotopic (exact) mass is 258 g/mol. The van der Waals surface area contributed by atoms with Gasteiger partial charge in [-0.1, -0.05) is 0 Å². The number of aldehydes is 1. The molecule has 0 fully saturated rings. The van der Waals surface area contributed by atoms with Crippen LogP contribution in [-0.4, -0.2) is 24.0 Å². The number of halogens is 2. The Balaban J connectivity index is 2.93. The summed E-state index contributed by atoms with van der Waals surface area (Å²) >= 11 is 0. The molecule has 0 saturated carbocycles. The van der Waals surface area contributed by atoms with Crippen LogP contribution in [0.3, 0.4) is 0 Å². The summed E-state index contributed by atoms with van der Waals surface area (Å²) in [4.78, 5) is 21.2. The lowest BCUT2D eigenvalue weighted by Crippen LogP contribution is -2.31. The lowest BCUT2D eigenvalue weighted by atomic mass is 9.95. The largest absolute Gasteiger partial charge is 0.486 e. The van der Waals surface area contributed by atoms with Gasteiger partial charge >= 0.3 is 5.97 Å². The van der Waals surface area contributed by atoms with Crippen LogP contribution in [-0.2, 0) is 4.79 Å². The minimum atomic E-state index is -1.28. The van der Waals surface area contributed by atoms with Crippen LogP contribution >= 0.6 is 0 Å². The number of carboxylic acid groups (broad SMARTS) is 1. The highest BCUT2D eigenvalue weighted by Gasteiger charge is 2.29. The number of carbonyl (C=O) groups excluding carboxylic acids is 1. The summed E-state index contributed by atoms with van der Waals surface area (Å²) < 4.78 is 31.7. The standard InChI is InChI=1S/C12H12F2O4/c1-12(2,11(16)17)6-18-10-8(13)3-7(5-15)4-9(10)14/h3-5H,6H2,1-2H3,(H,16,17). The highest BCUT2D eigenvalue weighted by molar-refractivity contribution is 5.75. The number of hydrogen-bond acceptors (Lipinski definition) is 3. The van der Waals surface area contributed by atoms with E-state index in [1.54, 1.807) is 0 Å². The van der Waals surface area contributed by atoms with Crippen LogP contribution in [0, 0.1) is 17.0 Å². The van der Waals surface area contributed by atoms with Crippen LogP contribution in [0.1, 0.15) is 24.2 Å². The minimum Gasteiger partial charge on any atom is -0.486 e. The van der Waals surface area contributed by atoms with Crippen LogP contribution in [0.25, 0.3) is 0 Å². The third-order valence-corrected chi connectivity index (χ3v) is 2.31. The molecule has 0 aromatic heterocycles. The fourth-order valence-corrected chi connectivity index (χ4v) is 1.10. The molecule has 1 rings (SSSR count). The van der Waals surface area contributed by atoms with Gasteiger partial charge in [0.05, 0.1) is 5.41 Å². The molecule has 4 nitrogen and oxygen atoms in total. The van der Waals surface area contributed by atoms with Gasteiger partial charge in [0.15, 0.2) is 17.4 Å². The molecule has 0 unspecified atom stereocenters. The van der Waals surface area contributed by atoms with E-state index in [2.05, 4.69) is 0 Å². The molecule has 6 heteroatoms. The molecule has 1 N–H and O–H groups in total. The van der Waals surface area contributed by atoms with E-state index in [0.29, 0.717) is 6.29 Å². The summed E-state index contributed by atoms with van der Waals surface area (Å²) in [5.41, 5.74) is -1.43. The predicted molar refractivity (Wildman–Crippen MR) is 58.7 cm³/mol. The highest BCUT2D eigenvalue weighted by atomic mass is 19.1. The second kappa shape index (κ2) is 5.12. The minimum absolute atomic E-state index is 0.158. The summed E-state index contributed by atoms with van der Waals surface area (Å²) in [5, 5.41) is 8.83. The first-order valence-electron chi connectivity index (χ1n) is 5.08. The van der Waals surface area contributed by atoms with Crippen molar-refractivity contribution in [3.8, 4) is 5.75 Å². The summed E-state index contributed by atoms with van der Waals surface area (Å²) in [7, 11) is 0. The van der Waals surface area contributed by atoms with Crippen LogP contribution in [0.2, 0.25) is 0 Å². The Morgan fingerprint density at radius 3 is 2.28 bits per heavy atom. The molecule has 0 atom stereocenters. The predicted octanol–water partition coefficient (Wildman–Crippen LogP) is 2.27. The van der Waals surface area contributed by atoms with Gasteiger partial charge in [-0.15, -0.1) is 0 Å². The number of hydrogen-bond donors (Lipinski definition) is 1. The fraction of sp³-hybridized carbons (Fsp3) is 0.333. The Bertz CT molecular complexity index is 460. The number of aliphatic carboxylic acids is 1. The normalized spacial score (nSPS) is 11.1. The Hall–Kier alpha value is -1.98. The van der Waals surface area contributed by atoms with Gasteiger partial charge in [-0.3, -0.25) is 9.59 Å². The van der Waals surface area contributed by atoms with Gasteiger partial charge in [0.2, 0.25) is 0 Å². The second-order valence-electron chi connectivity index (χ2n) is 4.41. The first-order chi connectivity index (χ1) is 8.27. The quantitative estimate of drug-likeness (QED) is 0.823. The van der Waals surface area contributed by atoms with Gasteiger partial charge in [-0.2, -0.15) is 0 Å². The molecule has 0 aliphatic rings. The number of carbonyl (C=O) groups is 2. The van der Waals surface area contributed by atoms with Gasteiger partial charge in [0, 0.05) is 5.56 Å². The molecule has 1 aromatic carbocycles. The number of benzene rings is 1. The SMILES string of the molecule is CC(C)(COc1c(F)cc(C=O)cc1F)C(=O)O. The molecule has 0 aliphatic heterocycles. The van der Waals surface area contributed by atoms with Crippen molar-refractivity contribution >= 4 is 12.3 Å². The van der Waals surface area contributed by atoms with E-state index in [-0.39, 0.29) is 5.56 Å². The van der Waals surface area contributed by atoms with Crippen LogP contribution < -0.4 is 4.74 Å². The molecule has 0 bridgehead atoms. The van der Waals surface area contributed by atoms with Crippen LogP contribution in [0.4, 0.5) is 8.78 Å². The number of ether oxygens (including phenoxy) is 1. The van der Waals surface area contributed by atoms with Crippen molar-refractivity contribution in [2.75, 3.05) is 6.61 Å². The van der Waals surface area contributed by atoms with Crippen molar-refractivity contribution in [2.45, 2.75) is 13.8 Å². The van der Waals surface area contributed by atoms with Crippen molar-refractivity contribution < 1.29 is 28.2 Å². The average Bonchev–Trinajstić information content (AvgIpc) is 2.27. The van der Waals surface area contributed by atoms with Crippen LogP contribution in [0.5, 0.6) is 5.75 Å². The second-order valence-corrected chi connectivity index (χ2v) is 4.41. The first kappa shape index (κ1) is 14.1. The highest BCUT2D eigenvalue weighted by Crippen LogP contribution is 2.25. The number of rotatable bonds is 5. The van der Waals surface area contributed by atoms with E-state index < -0.39 is 35.4 Å². The third kappa shape index (κ3) is 3.03. The smallest absolute Gasteiger partial charge is 0.312 e. The van der Waals surface area contributed by atoms with Crippen molar-refractivity contribution in [3.63, 3.8) is 0 Å². The maximum atomic E-state index is 13.4. The van der Waals surface area contributed by atoms with E-state index in [9.17, 15) is 18.4 Å². The first-order valence-corrected chi connectivity index (χ1v) is 5.08. The summed E-state index contributed by atoms with van der Waals surface area (Å²) in [6.45, 7) is 2.34. The molecular weight excluding hydrogens is 246 g/mol. The van der Waals surface area contributed by atoms with Gasteiger partial charge in [-0.05, 0) is 26.0 Å². The lowest BCUT2D eigenvalue weighted by Gasteiger charge is -2.20. The van der Waals surface area contributed by atoms with Crippen molar-refractivity contribution in [2.24, 2.45) is 5.41 Å².